The molecule has 0 saturated heterocycles. The number of hydrogen-bond donors (Lipinski definition) is 1. The van der Waals surface area contributed by atoms with E-state index in [0.29, 0.717) is 23.1 Å². The summed E-state index contributed by atoms with van der Waals surface area (Å²) in [4.78, 5) is 17.7. The highest BCUT2D eigenvalue weighted by molar-refractivity contribution is 7.99. The van der Waals surface area contributed by atoms with Crippen LogP contribution in [-0.4, -0.2) is 30.9 Å². The molecule has 0 aliphatic carbocycles. The summed E-state index contributed by atoms with van der Waals surface area (Å²) in [6.07, 6.45) is 1.12. The first-order valence-corrected chi connectivity index (χ1v) is 10.8. The van der Waals surface area contributed by atoms with Gasteiger partial charge in [-0.05, 0) is 48.6 Å². The van der Waals surface area contributed by atoms with E-state index in [0.717, 1.165) is 28.3 Å². The van der Waals surface area contributed by atoms with E-state index < -0.39 is 0 Å². The minimum Gasteiger partial charge on any atom is -0.497 e. The van der Waals surface area contributed by atoms with Crippen molar-refractivity contribution in [3.63, 3.8) is 0 Å². The Morgan fingerprint density at radius 3 is 2.69 bits per heavy atom. The van der Waals surface area contributed by atoms with Crippen molar-refractivity contribution in [3.05, 3.63) is 53.7 Å². The van der Waals surface area contributed by atoms with Gasteiger partial charge in [-0.1, -0.05) is 0 Å². The number of halogens is 1. The number of carbonyl (C=O) groups excluding carboxylic acids is 1. The number of rotatable bonds is 9. The van der Waals surface area contributed by atoms with Gasteiger partial charge in [0.25, 0.3) is 0 Å². The van der Waals surface area contributed by atoms with Gasteiger partial charge in [-0.25, -0.2) is 9.37 Å². The zero-order chi connectivity index (χ0) is 20.6. The Balaban J connectivity index is 1.50. The maximum Gasteiger partial charge on any atom is 0.226 e. The molecular weight excluding hydrogens is 411 g/mol. The Hall–Kier alpha value is -2.58. The SMILES string of the molecule is COc1ccc(-c2csc(NC(=O)CCCSc3ccc(F)cc3)n2)c(OC)c1. The molecule has 1 N–H and O–H groups in total. The van der Waals surface area contributed by atoms with E-state index in [1.807, 2.05) is 17.5 Å². The minimum atomic E-state index is -0.246. The highest BCUT2D eigenvalue weighted by atomic mass is 32.2. The molecular formula is C21H21FN2O3S2. The molecule has 0 bridgehead atoms. The number of ether oxygens (including phenoxy) is 2. The van der Waals surface area contributed by atoms with E-state index in [9.17, 15) is 9.18 Å². The largest absolute Gasteiger partial charge is 0.497 e. The summed E-state index contributed by atoms with van der Waals surface area (Å²) in [5.74, 6) is 1.82. The number of aromatic nitrogens is 1. The summed E-state index contributed by atoms with van der Waals surface area (Å²) in [5, 5.41) is 5.27. The molecule has 0 spiro atoms. The molecule has 1 amide bonds. The molecule has 0 unspecified atom stereocenters. The van der Waals surface area contributed by atoms with Crippen LogP contribution in [0, 0.1) is 5.82 Å². The average molecular weight is 433 g/mol. The standard InChI is InChI=1S/C21H21FN2O3S2/c1-26-15-7-10-17(19(12-15)27-2)18-13-29-21(23-18)24-20(25)4-3-11-28-16-8-5-14(22)6-9-16/h5-10,12-13H,3-4,11H2,1-2H3,(H,23,24,25). The number of amides is 1. The number of thiazole rings is 1. The van der Waals surface area contributed by atoms with E-state index in [2.05, 4.69) is 10.3 Å². The molecule has 3 rings (SSSR count). The number of benzene rings is 2. The van der Waals surface area contributed by atoms with Gasteiger partial charge in [0.1, 0.15) is 17.3 Å². The van der Waals surface area contributed by atoms with Gasteiger partial charge in [0.2, 0.25) is 5.91 Å². The Labute approximate surface area is 177 Å². The molecule has 1 heterocycles. The second kappa shape index (κ2) is 10.3. The first-order chi connectivity index (χ1) is 14.1. The third kappa shape index (κ3) is 5.95. The van der Waals surface area contributed by atoms with Crippen molar-refractivity contribution >= 4 is 34.1 Å². The lowest BCUT2D eigenvalue weighted by molar-refractivity contribution is -0.116. The molecule has 0 radical (unpaired) electrons. The highest BCUT2D eigenvalue weighted by Gasteiger charge is 2.12. The zero-order valence-corrected chi connectivity index (χ0v) is 17.7. The minimum absolute atomic E-state index is 0.0766. The quantitative estimate of drug-likeness (QED) is 0.358. The van der Waals surface area contributed by atoms with E-state index >= 15 is 0 Å². The predicted molar refractivity (Wildman–Crippen MR) is 116 cm³/mol. The van der Waals surface area contributed by atoms with Gasteiger partial charge in [-0.3, -0.25) is 4.79 Å². The molecule has 0 saturated carbocycles. The van der Waals surface area contributed by atoms with Crippen molar-refractivity contribution in [2.75, 3.05) is 25.3 Å². The lowest BCUT2D eigenvalue weighted by Gasteiger charge is -2.08. The number of nitrogens with one attached hydrogen (secondary N) is 1. The summed E-state index contributed by atoms with van der Waals surface area (Å²) in [6.45, 7) is 0. The number of hydrogen-bond acceptors (Lipinski definition) is 6. The summed E-state index contributed by atoms with van der Waals surface area (Å²) in [6, 6.07) is 11.9. The van der Waals surface area contributed by atoms with Gasteiger partial charge in [-0.2, -0.15) is 0 Å². The fourth-order valence-corrected chi connectivity index (χ4v) is 4.18. The molecule has 8 heteroatoms. The second-order valence-electron chi connectivity index (χ2n) is 6.06. The van der Waals surface area contributed by atoms with Crippen LogP contribution in [0.5, 0.6) is 11.5 Å². The van der Waals surface area contributed by atoms with Crippen LogP contribution in [0.15, 0.2) is 52.7 Å². The Morgan fingerprint density at radius 1 is 1.17 bits per heavy atom. The second-order valence-corrected chi connectivity index (χ2v) is 8.08. The molecule has 0 aliphatic rings. The van der Waals surface area contributed by atoms with Crippen LogP contribution in [0.25, 0.3) is 11.3 Å². The molecule has 5 nitrogen and oxygen atoms in total. The molecule has 1 aromatic heterocycles. The zero-order valence-electron chi connectivity index (χ0n) is 16.1. The molecule has 0 aliphatic heterocycles. The predicted octanol–water partition coefficient (Wildman–Crippen LogP) is 5.48. The first kappa shape index (κ1) is 21.1. The van der Waals surface area contributed by atoms with Crippen LogP contribution in [0.2, 0.25) is 0 Å². The molecule has 152 valence electrons. The fourth-order valence-electron chi connectivity index (χ4n) is 2.60. The molecule has 0 atom stereocenters. The van der Waals surface area contributed by atoms with E-state index in [1.54, 1.807) is 44.2 Å². The van der Waals surface area contributed by atoms with Crippen LogP contribution >= 0.6 is 23.1 Å². The fraction of sp³-hybridized carbons (Fsp3) is 0.238. The van der Waals surface area contributed by atoms with Crippen molar-refractivity contribution in [2.45, 2.75) is 17.7 Å². The Kier molecular flexibility index (Phi) is 7.48. The van der Waals surface area contributed by atoms with Crippen molar-refractivity contribution in [3.8, 4) is 22.8 Å². The van der Waals surface area contributed by atoms with E-state index in [4.69, 9.17) is 9.47 Å². The third-order valence-corrected chi connectivity index (χ3v) is 5.92. The number of carbonyl (C=O) groups is 1. The normalized spacial score (nSPS) is 10.6. The van der Waals surface area contributed by atoms with Crippen molar-refractivity contribution in [1.82, 2.24) is 4.98 Å². The summed E-state index contributed by atoms with van der Waals surface area (Å²) >= 11 is 2.97. The van der Waals surface area contributed by atoms with Crippen LogP contribution in [0.3, 0.4) is 0 Å². The van der Waals surface area contributed by atoms with Gasteiger partial charge in [0.05, 0.1) is 19.9 Å². The Morgan fingerprint density at radius 2 is 1.97 bits per heavy atom. The van der Waals surface area contributed by atoms with Crippen LogP contribution in [-0.2, 0) is 4.79 Å². The average Bonchev–Trinajstić information content (AvgIpc) is 3.20. The van der Waals surface area contributed by atoms with Crippen molar-refractivity contribution in [1.29, 1.82) is 0 Å². The van der Waals surface area contributed by atoms with Crippen LogP contribution < -0.4 is 14.8 Å². The maximum absolute atomic E-state index is 12.9. The topological polar surface area (TPSA) is 60.5 Å². The highest BCUT2D eigenvalue weighted by Crippen LogP contribution is 2.34. The maximum atomic E-state index is 12.9. The van der Waals surface area contributed by atoms with E-state index in [1.165, 1.54) is 23.5 Å². The van der Waals surface area contributed by atoms with Gasteiger partial charge in [0, 0.05) is 28.3 Å². The molecule has 0 fully saturated rings. The lowest BCUT2D eigenvalue weighted by Crippen LogP contribution is -2.11. The Bertz CT molecular complexity index is 961. The van der Waals surface area contributed by atoms with Crippen molar-refractivity contribution < 1.29 is 18.7 Å². The van der Waals surface area contributed by atoms with Gasteiger partial charge in [-0.15, -0.1) is 23.1 Å². The molecule has 2 aromatic carbocycles. The van der Waals surface area contributed by atoms with Crippen LogP contribution in [0.4, 0.5) is 9.52 Å². The van der Waals surface area contributed by atoms with Crippen molar-refractivity contribution in [2.24, 2.45) is 0 Å². The van der Waals surface area contributed by atoms with Gasteiger partial charge in [0.15, 0.2) is 5.13 Å². The smallest absolute Gasteiger partial charge is 0.226 e. The lowest BCUT2D eigenvalue weighted by atomic mass is 10.1. The summed E-state index contributed by atoms with van der Waals surface area (Å²) < 4.78 is 23.5. The number of anilines is 1. The molecule has 29 heavy (non-hydrogen) atoms. The molecule has 3 aromatic rings. The number of thioether (sulfide) groups is 1. The van der Waals surface area contributed by atoms with Gasteiger partial charge < -0.3 is 14.8 Å². The number of methoxy groups -OCH3 is 2. The van der Waals surface area contributed by atoms with Gasteiger partial charge >= 0.3 is 0 Å². The van der Waals surface area contributed by atoms with E-state index in [-0.39, 0.29) is 11.7 Å². The summed E-state index contributed by atoms with van der Waals surface area (Å²) in [7, 11) is 3.19. The van der Waals surface area contributed by atoms with Crippen LogP contribution in [0.1, 0.15) is 12.8 Å². The monoisotopic (exact) mass is 432 g/mol. The summed E-state index contributed by atoms with van der Waals surface area (Å²) in [5.41, 5.74) is 1.57. The third-order valence-electron chi connectivity index (χ3n) is 4.07. The number of nitrogens with zero attached hydrogens (tertiary/aromatic N) is 1. The first-order valence-electron chi connectivity index (χ1n) is 8.95.